The van der Waals surface area contributed by atoms with E-state index in [1.807, 2.05) is 0 Å². The Kier molecular flexibility index (Phi) is 4.00. The number of rotatable bonds is 3. The Hall–Kier alpha value is -1.43. The van der Waals surface area contributed by atoms with E-state index in [4.69, 9.17) is 11.6 Å². The predicted octanol–water partition coefficient (Wildman–Crippen LogP) is 1.68. The highest BCUT2D eigenvalue weighted by Crippen LogP contribution is 2.21. The van der Waals surface area contributed by atoms with E-state index in [0.717, 1.165) is 6.07 Å². The number of H-pyrrole nitrogens is 1. The predicted molar refractivity (Wildman–Crippen MR) is 52.7 cm³/mol. The number of carbonyl (C=O) groups excluding carboxylic acids is 1. The Bertz CT molecular complexity index is 459. The summed E-state index contributed by atoms with van der Waals surface area (Å²) < 4.78 is 29.1. The van der Waals surface area contributed by atoms with Crippen molar-refractivity contribution in [2.24, 2.45) is 0 Å². The van der Waals surface area contributed by atoms with Crippen molar-refractivity contribution < 1.29 is 18.3 Å². The summed E-state index contributed by atoms with van der Waals surface area (Å²) in [6.45, 7) is 0. The quantitative estimate of drug-likeness (QED) is 0.657. The summed E-state index contributed by atoms with van der Waals surface area (Å²) in [6.07, 6.45) is -3.18. The molecule has 0 atom stereocenters. The largest absolute Gasteiger partial charge is 0.469 e. The van der Waals surface area contributed by atoms with Crippen molar-refractivity contribution in [1.82, 2.24) is 4.98 Å². The molecular weight excluding hydrogens is 244 g/mol. The lowest BCUT2D eigenvalue weighted by Gasteiger charge is -2.05. The van der Waals surface area contributed by atoms with Crippen LogP contribution in [-0.2, 0) is 16.0 Å². The van der Waals surface area contributed by atoms with Crippen molar-refractivity contribution in [2.75, 3.05) is 7.11 Å². The number of hydrogen-bond acceptors (Lipinski definition) is 3. The first-order valence-corrected chi connectivity index (χ1v) is 4.60. The van der Waals surface area contributed by atoms with Gasteiger partial charge in [0, 0.05) is 11.8 Å². The summed E-state index contributed by atoms with van der Waals surface area (Å²) in [6, 6.07) is 0.907. The SMILES string of the molecule is COC(=O)Cc1cc(=O)c(C(F)F)c(Cl)[nH]1. The van der Waals surface area contributed by atoms with Crippen LogP contribution in [0.1, 0.15) is 17.7 Å². The van der Waals surface area contributed by atoms with Crippen LogP contribution in [-0.4, -0.2) is 18.1 Å². The van der Waals surface area contributed by atoms with Crippen molar-refractivity contribution >= 4 is 17.6 Å². The number of aromatic nitrogens is 1. The van der Waals surface area contributed by atoms with E-state index in [-0.39, 0.29) is 12.1 Å². The fourth-order valence-electron chi connectivity index (χ4n) is 1.11. The van der Waals surface area contributed by atoms with Crippen LogP contribution in [0.3, 0.4) is 0 Å². The minimum atomic E-state index is -2.96. The van der Waals surface area contributed by atoms with E-state index in [9.17, 15) is 18.4 Å². The fraction of sp³-hybridized carbons (Fsp3) is 0.333. The number of methoxy groups -OCH3 is 1. The molecule has 0 aromatic carbocycles. The molecule has 16 heavy (non-hydrogen) atoms. The van der Waals surface area contributed by atoms with Gasteiger partial charge >= 0.3 is 5.97 Å². The topological polar surface area (TPSA) is 59.2 Å². The second-order valence-corrected chi connectivity index (χ2v) is 3.32. The normalized spacial score (nSPS) is 10.6. The van der Waals surface area contributed by atoms with Crippen LogP contribution in [0.2, 0.25) is 5.15 Å². The maximum atomic E-state index is 12.4. The van der Waals surface area contributed by atoms with E-state index < -0.39 is 28.5 Å². The van der Waals surface area contributed by atoms with Gasteiger partial charge in [-0.2, -0.15) is 0 Å². The molecule has 0 saturated carbocycles. The number of pyridine rings is 1. The Morgan fingerprint density at radius 1 is 1.62 bits per heavy atom. The third-order valence-electron chi connectivity index (χ3n) is 1.86. The molecule has 1 rings (SSSR count). The molecule has 0 aliphatic carbocycles. The summed E-state index contributed by atoms with van der Waals surface area (Å²) in [4.78, 5) is 24.5. The molecule has 0 aliphatic heterocycles. The first-order valence-electron chi connectivity index (χ1n) is 4.22. The third-order valence-corrected chi connectivity index (χ3v) is 2.16. The Morgan fingerprint density at radius 3 is 2.69 bits per heavy atom. The number of nitrogens with one attached hydrogen (secondary N) is 1. The van der Waals surface area contributed by atoms with Crippen LogP contribution in [0.5, 0.6) is 0 Å². The highest BCUT2D eigenvalue weighted by atomic mass is 35.5. The average Bonchev–Trinajstić information content (AvgIpc) is 2.15. The van der Waals surface area contributed by atoms with Gasteiger partial charge in [-0.3, -0.25) is 9.59 Å². The highest BCUT2D eigenvalue weighted by Gasteiger charge is 2.18. The number of ether oxygens (including phenoxy) is 1. The second-order valence-electron chi connectivity index (χ2n) is 2.94. The van der Waals surface area contributed by atoms with E-state index >= 15 is 0 Å². The molecule has 0 spiro atoms. The first kappa shape index (κ1) is 12.6. The zero-order valence-corrected chi connectivity index (χ0v) is 8.98. The van der Waals surface area contributed by atoms with Crippen LogP contribution < -0.4 is 5.43 Å². The number of hydrogen-bond donors (Lipinski definition) is 1. The maximum Gasteiger partial charge on any atom is 0.311 e. The molecule has 7 heteroatoms. The fourth-order valence-corrected chi connectivity index (χ4v) is 1.41. The molecule has 88 valence electrons. The molecule has 1 aromatic heterocycles. The van der Waals surface area contributed by atoms with Crippen LogP contribution in [0, 0.1) is 0 Å². The Labute approximate surface area is 94.2 Å². The van der Waals surface area contributed by atoms with Gasteiger partial charge in [-0.25, -0.2) is 8.78 Å². The molecule has 0 saturated heterocycles. The lowest BCUT2D eigenvalue weighted by atomic mass is 10.2. The van der Waals surface area contributed by atoms with Gasteiger partial charge < -0.3 is 9.72 Å². The molecule has 0 fully saturated rings. The van der Waals surface area contributed by atoms with Crippen LogP contribution in [0.15, 0.2) is 10.9 Å². The zero-order chi connectivity index (χ0) is 12.3. The molecule has 0 amide bonds. The maximum absolute atomic E-state index is 12.4. The van der Waals surface area contributed by atoms with Gasteiger partial charge in [-0.15, -0.1) is 0 Å². The summed E-state index contributed by atoms with van der Waals surface area (Å²) >= 11 is 5.47. The van der Waals surface area contributed by atoms with Crippen LogP contribution in [0.25, 0.3) is 0 Å². The van der Waals surface area contributed by atoms with E-state index in [2.05, 4.69) is 9.72 Å². The molecule has 1 N–H and O–H groups in total. The van der Waals surface area contributed by atoms with Crippen molar-refractivity contribution in [3.05, 3.63) is 32.7 Å². The molecule has 0 bridgehead atoms. The molecule has 0 aliphatic rings. The van der Waals surface area contributed by atoms with Gasteiger partial charge in [0.05, 0.1) is 13.5 Å². The van der Waals surface area contributed by atoms with Crippen LogP contribution >= 0.6 is 11.6 Å². The van der Waals surface area contributed by atoms with E-state index in [1.54, 1.807) is 0 Å². The van der Waals surface area contributed by atoms with Gasteiger partial charge in [-0.1, -0.05) is 11.6 Å². The van der Waals surface area contributed by atoms with E-state index in [0.29, 0.717) is 0 Å². The average molecular weight is 252 g/mol. The molecule has 4 nitrogen and oxygen atoms in total. The molecular formula is C9H8ClF2NO3. The monoisotopic (exact) mass is 251 g/mol. The van der Waals surface area contributed by atoms with Gasteiger partial charge in [0.1, 0.15) is 10.7 Å². The van der Waals surface area contributed by atoms with Crippen molar-refractivity contribution in [3.8, 4) is 0 Å². The first-order chi connectivity index (χ1) is 7.45. The van der Waals surface area contributed by atoms with Crippen molar-refractivity contribution in [1.29, 1.82) is 0 Å². The number of esters is 1. The van der Waals surface area contributed by atoms with Gasteiger partial charge in [0.2, 0.25) is 0 Å². The molecule has 0 unspecified atom stereocenters. The molecule has 0 radical (unpaired) electrons. The lowest BCUT2D eigenvalue weighted by molar-refractivity contribution is -0.139. The summed E-state index contributed by atoms with van der Waals surface area (Å²) in [5.41, 5.74) is -1.57. The number of carbonyl (C=O) groups is 1. The smallest absolute Gasteiger partial charge is 0.311 e. The van der Waals surface area contributed by atoms with Crippen molar-refractivity contribution in [2.45, 2.75) is 12.8 Å². The minimum Gasteiger partial charge on any atom is -0.469 e. The number of halogens is 3. The Morgan fingerprint density at radius 2 is 2.25 bits per heavy atom. The van der Waals surface area contributed by atoms with Gasteiger partial charge in [0.25, 0.3) is 6.43 Å². The minimum absolute atomic E-state index is 0.131. The highest BCUT2D eigenvalue weighted by molar-refractivity contribution is 6.30. The molecule has 1 aromatic rings. The van der Waals surface area contributed by atoms with Gasteiger partial charge in [-0.05, 0) is 0 Å². The summed E-state index contributed by atoms with van der Waals surface area (Å²) in [7, 11) is 1.18. The lowest BCUT2D eigenvalue weighted by Crippen LogP contribution is -2.15. The molecule has 1 heterocycles. The van der Waals surface area contributed by atoms with Crippen LogP contribution in [0.4, 0.5) is 8.78 Å². The standard InChI is InChI=1S/C9H8ClF2NO3/c1-16-6(15)3-4-2-5(14)7(9(11)12)8(10)13-4/h2,9H,3H2,1H3,(H,13,14). The van der Waals surface area contributed by atoms with E-state index in [1.165, 1.54) is 7.11 Å². The third kappa shape index (κ3) is 2.79. The number of alkyl halides is 2. The van der Waals surface area contributed by atoms with Gasteiger partial charge in [0.15, 0.2) is 5.43 Å². The summed E-state index contributed by atoms with van der Waals surface area (Å²) in [5.74, 6) is -0.600. The summed E-state index contributed by atoms with van der Waals surface area (Å²) in [5, 5.41) is -0.457. The van der Waals surface area contributed by atoms with Crippen molar-refractivity contribution in [3.63, 3.8) is 0 Å². The zero-order valence-electron chi connectivity index (χ0n) is 8.22. The second kappa shape index (κ2) is 5.07. The Balaban J connectivity index is 3.10. The number of aromatic amines is 1.